The predicted molar refractivity (Wildman–Crippen MR) is 108 cm³/mol. The van der Waals surface area contributed by atoms with Crippen molar-refractivity contribution in [2.45, 2.75) is 38.5 Å². The third kappa shape index (κ3) is 1.38. The fraction of sp³-hybridized carbons (Fsp3) is 0.231. The number of hydrogen-bond acceptors (Lipinski definition) is 0. The summed E-state index contributed by atoms with van der Waals surface area (Å²) < 4.78 is 0. The topological polar surface area (TPSA) is 0 Å². The summed E-state index contributed by atoms with van der Waals surface area (Å²) in [6, 6.07) is 18.0. The van der Waals surface area contributed by atoms with Crippen molar-refractivity contribution in [1.82, 2.24) is 0 Å². The maximum absolute atomic E-state index is 3.50. The van der Waals surface area contributed by atoms with Gasteiger partial charge in [0.25, 0.3) is 0 Å². The van der Waals surface area contributed by atoms with E-state index in [0.717, 1.165) is 0 Å². The quantitative estimate of drug-likeness (QED) is 0.346. The lowest BCUT2D eigenvalue weighted by Crippen LogP contribution is -2.17. The molecule has 0 atom stereocenters. The summed E-state index contributed by atoms with van der Waals surface area (Å²) in [5, 5.41) is 0. The molecular formula is C26H20. The molecule has 0 nitrogen and oxygen atoms in total. The normalized spacial score (nSPS) is 17.8. The molecule has 0 N–H and O–H groups in total. The summed E-state index contributed by atoms with van der Waals surface area (Å²) in [4.78, 5) is 0. The fourth-order valence-corrected chi connectivity index (χ4v) is 5.48. The zero-order valence-electron chi connectivity index (χ0n) is 15.6. The van der Waals surface area contributed by atoms with Gasteiger partial charge in [-0.05, 0) is 45.5 Å². The Morgan fingerprint density at radius 1 is 0.500 bits per heavy atom. The van der Waals surface area contributed by atoms with E-state index in [1.807, 2.05) is 0 Å². The van der Waals surface area contributed by atoms with Crippen LogP contribution in [0.4, 0.5) is 0 Å². The highest BCUT2D eigenvalue weighted by Crippen LogP contribution is 2.60. The lowest BCUT2D eigenvalue weighted by molar-refractivity contribution is 0.650. The molecule has 0 bridgehead atoms. The molecule has 0 heterocycles. The summed E-state index contributed by atoms with van der Waals surface area (Å²) in [6.07, 6.45) is 0. The molecule has 0 aromatic heterocycles. The highest BCUT2D eigenvalue weighted by atomic mass is 14.5. The SMILES string of the molecule is CC1(C)c2cccc3c2-c2c1ccc1c2-c2c(cccc2C1(C)C)C#C3. The Kier molecular flexibility index (Phi) is 2.29. The lowest BCUT2D eigenvalue weighted by atomic mass is 9.79. The average molecular weight is 332 g/mol. The van der Waals surface area contributed by atoms with Crippen molar-refractivity contribution in [3.8, 4) is 34.1 Å². The summed E-state index contributed by atoms with van der Waals surface area (Å²) in [7, 11) is 0. The summed E-state index contributed by atoms with van der Waals surface area (Å²) in [5.74, 6) is 7.00. The van der Waals surface area contributed by atoms with Gasteiger partial charge in [0.05, 0.1) is 0 Å². The summed E-state index contributed by atoms with van der Waals surface area (Å²) in [6.45, 7) is 9.41. The van der Waals surface area contributed by atoms with E-state index in [4.69, 9.17) is 0 Å². The molecule has 3 aliphatic rings. The molecular weight excluding hydrogens is 312 g/mol. The Morgan fingerprint density at radius 3 is 1.31 bits per heavy atom. The number of hydrogen-bond donors (Lipinski definition) is 0. The Hall–Kier alpha value is -2.78. The molecule has 0 saturated heterocycles. The summed E-state index contributed by atoms with van der Waals surface area (Å²) in [5.41, 5.74) is 13.7. The van der Waals surface area contributed by atoms with Crippen LogP contribution in [0, 0.1) is 11.8 Å². The second kappa shape index (κ2) is 4.13. The van der Waals surface area contributed by atoms with Crippen LogP contribution in [0.1, 0.15) is 61.1 Å². The Labute approximate surface area is 154 Å². The first-order valence-electron chi connectivity index (χ1n) is 9.40. The third-order valence-corrected chi connectivity index (χ3v) is 6.86. The van der Waals surface area contributed by atoms with Crippen LogP contribution < -0.4 is 0 Å². The largest absolute Gasteiger partial charge is 0.0610 e. The average Bonchev–Trinajstić information content (AvgIpc) is 2.99. The minimum Gasteiger partial charge on any atom is -0.0610 e. The third-order valence-electron chi connectivity index (χ3n) is 6.86. The van der Waals surface area contributed by atoms with Crippen LogP contribution in [0.2, 0.25) is 0 Å². The highest BCUT2D eigenvalue weighted by molar-refractivity contribution is 6.02. The molecule has 3 aromatic rings. The first-order chi connectivity index (χ1) is 12.4. The molecule has 6 rings (SSSR count). The van der Waals surface area contributed by atoms with Crippen molar-refractivity contribution in [1.29, 1.82) is 0 Å². The maximum Gasteiger partial charge on any atom is 0.0330 e. The first kappa shape index (κ1) is 14.4. The molecule has 0 fully saturated rings. The Bertz CT molecular complexity index is 1130. The van der Waals surface area contributed by atoms with E-state index < -0.39 is 0 Å². The van der Waals surface area contributed by atoms with E-state index in [-0.39, 0.29) is 10.8 Å². The Morgan fingerprint density at radius 2 is 0.885 bits per heavy atom. The van der Waals surface area contributed by atoms with Crippen LogP contribution in [0.15, 0.2) is 48.5 Å². The molecule has 0 radical (unpaired) electrons. The zero-order chi connectivity index (χ0) is 17.8. The number of benzene rings is 3. The van der Waals surface area contributed by atoms with Crippen molar-refractivity contribution < 1.29 is 0 Å². The molecule has 0 saturated carbocycles. The van der Waals surface area contributed by atoms with Crippen LogP contribution in [0.3, 0.4) is 0 Å². The molecule has 124 valence electrons. The maximum atomic E-state index is 3.50. The second-order valence-electron chi connectivity index (χ2n) is 8.87. The van der Waals surface area contributed by atoms with Gasteiger partial charge in [0, 0.05) is 33.1 Å². The van der Waals surface area contributed by atoms with Gasteiger partial charge in [0.1, 0.15) is 0 Å². The minimum absolute atomic E-state index is 0.0174. The smallest absolute Gasteiger partial charge is 0.0330 e. The minimum atomic E-state index is 0.0174. The highest BCUT2D eigenvalue weighted by Gasteiger charge is 2.45. The van der Waals surface area contributed by atoms with Crippen LogP contribution in [-0.2, 0) is 10.8 Å². The van der Waals surface area contributed by atoms with Crippen molar-refractivity contribution in [3.63, 3.8) is 0 Å². The first-order valence-corrected chi connectivity index (χ1v) is 9.40. The van der Waals surface area contributed by atoms with Crippen LogP contribution in [0.25, 0.3) is 22.3 Å². The van der Waals surface area contributed by atoms with Crippen molar-refractivity contribution in [2.24, 2.45) is 0 Å². The summed E-state index contributed by atoms with van der Waals surface area (Å²) >= 11 is 0. The van der Waals surface area contributed by atoms with Gasteiger partial charge < -0.3 is 0 Å². The van der Waals surface area contributed by atoms with Crippen molar-refractivity contribution in [2.75, 3.05) is 0 Å². The van der Waals surface area contributed by atoms with Gasteiger partial charge in [0.15, 0.2) is 0 Å². The lowest BCUT2D eigenvalue weighted by Gasteiger charge is -2.24. The van der Waals surface area contributed by atoms with Gasteiger partial charge in [-0.3, -0.25) is 0 Å². The molecule has 0 amide bonds. The van der Waals surface area contributed by atoms with Gasteiger partial charge in [-0.15, -0.1) is 0 Å². The van der Waals surface area contributed by atoms with Crippen LogP contribution >= 0.6 is 0 Å². The van der Waals surface area contributed by atoms with Gasteiger partial charge in [-0.1, -0.05) is 75.9 Å². The van der Waals surface area contributed by atoms with E-state index in [1.54, 1.807) is 0 Å². The van der Waals surface area contributed by atoms with Gasteiger partial charge >= 0.3 is 0 Å². The van der Waals surface area contributed by atoms with Crippen LogP contribution in [-0.4, -0.2) is 0 Å². The van der Waals surface area contributed by atoms with Gasteiger partial charge in [-0.2, -0.15) is 0 Å². The van der Waals surface area contributed by atoms with E-state index in [1.165, 1.54) is 55.6 Å². The fourth-order valence-electron chi connectivity index (χ4n) is 5.48. The monoisotopic (exact) mass is 332 g/mol. The zero-order valence-corrected chi connectivity index (χ0v) is 15.6. The predicted octanol–water partition coefficient (Wildman–Crippen LogP) is 6.01. The van der Waals surface area contributed by atoms with Gasteiger partial charge in [-0.25, -0.2) is 0 Å². The standard InChI is InChI=1S/C26H20/c1-25(2)17-9-5-7-15-11-12-16-8-6-10-18-22(16)24-20(26(18,3)4)14-13-19(25)23(24)21(15)17/h5-10,13-14H,1-4H3. The molecule has 0 spiro atoms. The molecule has 3 aliphatic carbocycles. The van der Waals surface area contributed by atoms with E-state index in [9.17, 15) is 0 Å². The molecule has 0 heteroatoms. The van der Waals surface area contributed by atoms with Gasteiger partial charge in [0.2, 0.25) is 0 Å². The molecule has 0 unspecified atom stereocenters. The van der Waals surface area contributed by atoms with Crippen molar-refractivity contribution >= 4 is 0 Å². The second-order valence-corrected chi connectivity index (χ2v) is 8.87. The molecule has 3 aromatic carbocycles. The van der Waals surface area contributed by atoms with E-state index in [0.29, 0.717) is 0 Å². The molecule has 0 aliphatic heterocycles. The van der Waals surface area contributed by atoms with E-state index in [2.05, 4.69) is 88.1 Å². The Balaban J connectivity index is 1.94. The van der Waals surface area contributed by atoms with Crippen LogP contribution in [0.5, 0.6) is 0 Å². The molecule has 26 heavy (non-hydrogen) atoms. The number of rotatable bonds is 0. The van der Waals surface area contributed by atoms with E-state index >= 15 is 0 Å². The van der Waals surface area contributed by atoms with Crippen molar-refractivity contribution in [3.05, 3.63) is 81.9 Å².